The van der Waals surface area contributed by atoms with Gasteiger partial charge in [-0.05, 0) is 49.8 Å². The van der Waals surface area contributed by atoms with E-state index in [1.54, 1.807) is 12.1 Å². The molecule has 0 saturated carbocycles. The molecule has 120 valence electrons. The Morgan fingerprint density at radius 1 is 1.00 bits per heavy atom. The van der Waals surface area contributed by atoms with Crippen molar-refractivity contribution in [1.82, 2.24) is 0 Å². The van der Waals surface area contributed by atoms with Crippen LogP contribution in [0, 0.1) is 0 Å². The maximum Gasteiger partial charge on any atom is 0.416 e. The Morgan fingerprint density at radius 3 is 2.00 bits per heavy atom. The molecule has 0 aliphatic rings. The highest BCUT2D eigenvalue weighted by Gasteiger charge is 2.29. The number of hydrogen-bond donors (Lipinski definition) is 0. The average molecular weight is 318 g/mol. The van der Waals surface area contributed by atoms with Crippen molar-refractivity contribution in [1.29, 1.82) is 0 Å². The van der Waals surface area contributed by atoms with Gasteiger partial charge in [-0.15, -0.1) is 0 Å². The molecule has 0 amide bonds. The van der Waals surface area contributed by atoms with Gasteiger partial charge in [0.25, 0.3) is 0 Å². The molecule has 0 N–H and O–H groups in total. The number of aryl methyl sites for hydroxylation is 1. The van der Waals surface area contributed by atoms with Crippen LogP contribution in [0.25, 0.3) is 0 Å². The van der Waals surface area contributed by atoms with Crippen LogP contribution in [0.2, 0.25) is 0 Å². The van der Waals surface area contributed by atoms with E-state index in [9.17, 15) is 13.2 Å². The lowest BCUT2D eigenvalue weighted by atomic mass is 9.90. The van der Waals surface area contributed by atoms with Crippen molar-refractivity contribution < 1.29 is 17.6 Å². The Hall–Kier alpha value is -0.813. The molecule has 1 rings (SSSR count). The summed E-state index contributed by atoms with van der Waals surface area (Å²) >= 11 is 0. The van der Waals surface area contributed by atoms with Gasteiger partial charge >= 0.3 is 6.18 Å². The largest absolute Gasteiger partial charge is 0.422 e. The fraction of sp³-hybridized carbons (Fsp3) is 0.625. The van der Waals surface area contributed by atoms with Gasteiger partial charge in [-0.25, -0.2) is 0 Å². The molecule has 1 aromatic carbocycles. The Morgan fingerprint density at radius 2 is 1.57 bits per heavy atom. The van der Waals surface area contributed by atoms with E-state index in [4.69, 9.17) is 4.43 Å². The van der Waals surface area contributed by atoms with Crippen LogP contribution < -0.4 is 0 Å². The monoisotopic (exact) mass is 318 g/mol. The molecule has 0 radical (unpaired) electrons. The highest BCUT2D eigenvalue weighted by atomic mass is 28.2. The van der Waals surface area contributed by atoms with Crippen LogP contribution >= 0.6 is 0 Å². The third-order valence-electron chi connectivity index (χ3n) is 4.35. The lowest BCUT2D eigenvalue weighted by Gasteiger charge is -2.31. The van der Waals surface area contributed by atoms with Gasteiger partial charge in [-0.2, -0.15) is 13.2 Å². The third kappa shape index (κ3) is 5.47. The fourth-order valence-electron chi connectivity index (χ4n) is 2.63. The number of unbranched alkanes of at least 4 members (excludes halogenated alkanes) is 1. The molecular formula is C16H25F3OSi. The summed E-state index contributed by atoms with van der Waals surface area (Å²) in [6, 6.07) is 5.49. The van der Waals surface area contributed by atoms with E-state index in [-0.39, 0.29) is 5.60 Å². The van der Waals surface area contributed by atoms with Crippen molar-refractivity contribution in [2.24, 2.45) is 0 Å². The molecule has 0 saturated heterocycles. The van der Waals surface area contributed by atoms with Gasteiger partial charge in [0.05, 0.1) is 11.2 Å². The maximum absolute atomic E-state index is 12.5. The standard InChI is InChI=1S/C16H25F3OSi/c1-3-15(4-2,20-21)12-6-5-7-13-8-10-14(11-9-13)16(17,18)19/h8-11H,3-7,12H2,1-2,21H3. The SMILES string of the molecule is CCC(CC)(CCCCc1ccc(C(F)(F)F)cc1)O[SiH3]. The summed E-state index contributed by atoms with van der Waals surface area (Å²) in [5.74, 6) is 0. The van der Waals surface area contributed by atoms with Gasteiger partial charge in [0.2, 0.25) is 0 Å². The zero-order valence-corrected chi connectivity index (χ0v) is 15.1. The number of hydrogen-bond acceptors (Lipinski definition) is 1. The van der Waals surface area contributed by atoms with Crippen molar-refractivity contribution in [2.75, 3.05) is 0 Å². The summed E-state index contributed by atoms with van der Waals surface area (Å²) in [5.41, 5.74) is 0.409. The molecule has 0 fully saturated rings. The zero-order chi connectivity index (χ0) is 15.9. The van der Waals surface area contributed by atoms with Crippen molar-refractivity contribution in [3.63, 3.8) is 0 Å². The van der Waals surface area contributed by atoms with E-state index in [2.05, 4.69) is 13.8 Å². The highest BCUT2D eigenvalue weighted by molar-refractivity contribution is 5.98. The fourth-order valence-corrected chi connectivity index (χ4v) is 3.41. The Bertz CT molecular complexity index is 402. The van der Waals surface area contributed by atoms with Crippen LogP contribution in [-0.2, 0) is 17.0 Å². The first-order valence-electron chi connectivity index (χ1n) is 7.58. The van der Waals surface area contributed by atoms with Gasteiger partial charge in [0.1, 0.15) is 10.5 Å². The predicted octanol–water partition coefficient (Wildman–Crippen LogP) is 4.27. The van der Waals surface area contributed by atoms with E-state index in [0.29, 0.717) is 0 Å². The number of benzene rings is 1. The summed E-state index contributed by atoms with van der Waals surface area (Å²) in [6.07, 6.45) is 1.68. The van der Waals surface area contributed by atoms with Crippen molar-refractivity contribution in [3.05, 3.63) is 35.4 Å². The first-order chi connectivity index (χ1) is 9.87. The lowest BCUT2D eigenvalue weighted by molar-refractivity contribution is -0.137. The van der Waals surface area contributed by atoms with Gasteiger partial charge in [-0.1, -0.05) is 32.4 Å². The average Bonchev–Trinajstić information content (AvgIpc) is 2.48. The summed E-state index contributed by atoms with van der Waals surface area (Å²) in [5, 5.41) is 0. The quantitative estimate of drug-likeness (QED) is 0.514. The van der Waals surface area contributed by atoms with E-state index in [1.807, 2.05) is 0 Å². The third-order valence-corrected chi connectivity index (χ3v) is 5.22. The van der Waals surface area contributed by atoms with Crippen LogP contribution in [0.5, 0.6) is 0 Å². The molecule has 0 bridgehead atoms. The number of halogens is 3. The second kappa shape index (κ2) is 7.99. The van der Waals surface area contributed by atoms with E-state index >= 15 is 0 Å². The van der Waals surface area contributed by atoms with Crippen molar-refractivity contribution >= 4 is 10.5 Å². The number of rotatable bonds is 8. The minimum absolute atomic E-state index is 0.0202. The topological polar surface area (TPSA) is 9.23 Å². The van der Waals surface area contributed by atoms with Crippen LogP contribution in [0.3, 0.4) is 0 Å². The van der Waals surface area contributed by atoms with Crippen molar-refractivity contribution in [3.8, 4) is 0 Å². The Labute approximate surface area is 128 Å². The van der Waals surface area contributed by atoms with Gasteiger partial charge in [-0.3, -0.25) is 0 Å². The molecule has 5 heteroatoms. The molecule has 0 aromatic heterocycles. The molecule has 0 atom stereocenters. The van der Waals surface area contributed by atoms with E-state index in [1.165, 1.54) is 12.1 Å². The maximum atomic E-state index is 12.5. The van der Waals surface area contributed by atoms with Crippen LogP contribution in [0.4, 0.5) is 13.2 Å². The zero-order valence-electron chi connectivity index (χ0n) is 13.1. The van der Waals surface area contributed by atoms with Crippen LogP contribution in [-0.4, -0.2) is 16.1 Å². The molecule has 0 aliphatic heterocycles. The smallest absolute Gasteiger partial charge is 0.416 e. The van der Waals surface area contributed by atoms with Gasteiger partial charge in [0.15, 0.2) is 0 Å². The summed E-state index contributed by atoms with van der Waals surface area (Å²) in [4.78, 5) is 0. The molecule has 21 heavy (non-hydrogen) atoms. The molecule has 1 aromatic rings. The van der Waals surface area contributed by atoms with Crippen LogP contribution in [0.15, 0.2) is 24.3 Å². The second-order valence-corrected chi connectivity index (χ2v) is 5.90. The predicted molar refractivity (Wildman–Crippen MR) is 83.3 cm³/mol. The molecule has 0 spiro atoms. The summed E-state index contributed by atoms with van der Waals surface area (Å²) in [7, 11) is 0.747. The van der Waals surface area contributed by atoms with Gasteiger partial charge in [0, 0.05) is 0 Å². The number of alkyl halides is 3. The van der Waals surface area contributed by atoms with E-state index < -0.39 is 11.7 Å². The molecule has 1 nitrogen and oxygen atoms in total. The lowest BCUT2D eigenvalue weighted by Crippen LogP contribution is -2.30. The Balaban J connectivity index is 2.43. The van der Waals surface area contributed by atoms with Gasteiger partial charge < -0.3 is 4.43 Å². The molecule has 0 heterocycles. The van der Waals surface area contributed by atoms with Crippen LogP contribution in [0.1, 0.15) is 57.1 Å². The second-order valence-electron chi connectivity index (χ2n) is 5.50. The highest BCUT2D eigenvalue weighted by Crippen LogP contribution is 2.29. The first-order valence-corrected chi connectivity index (χ1v) is 8.40. The summed E-state index contributed by atoms with van der Waals surface area (Å²) in [6.45, 7) is 4.30. The minimum Gasteiger partial charge on any atom is -0.422 e. The molecular weight excluding hydrogens is 293 g/mol. The van der Waals surface area contributed by atoms with E-state index in [0.717, 1.165) is 54.6 Å². The van der Waals surface area contributed by atoms with Crippen molar-refractivity contribution in [2.45, 2.75) is 64.1 Å². The Kier molecular flexibility index (Phi) is 6.94. The first kappa shape index (κ1) is 18.2. The molecule has 0 unspecified atom stereocenters. The minimum atomic E-state index is -4.25. The normalized spacial score (nSPS) is 12.8. The summed E-state index contributed by atoms with van der Waals surface area (Å²) < 4.78 is 43.1. The molecule has 0 aliphatic carbocycles.